The maximum atomic E-state index is 8.45. The lowest BCUT2D eigenvalue weighted by Crippen LogP contribution is -2.03. The first-order valence-corrected chi connectivity index (χ1v) is 3.65. The molecule has 0 aliphatic rings. The lowest BCUT2D eigenvalue weighted by molar-refractivity contribution is 0.224. The molecular weight excluding hydrogens is 158 g/mol. The average molecular weight is 169 g/mol. The van der Waals surface area contributed by atoms with Crippen molar-refractivity contribution in [1.29, 1.82) is 0 Å². The van der Waals surface area contributed by atoms with E-state index >= 15 is 0 Å². The molecule has 0 atom stereocenters. The molecule has 0 saturated heterocycles. The van der Waals surface area contributed by atoms with Gasteiger partial charge in [-0.3, -0.25) is 0 Å². The van der Waals surface area contributed by atoms with Crippen LogP contribution in [0.4, 0.5) is 5.82 Å². The first-order valence-electron chi connectivity index (χ1n) is 3.65. The molecule has 1 aromatic heterocycles. The van der Waals surface area contributed by atoms with E-state index in [1.165, 1.54) is 6.20 Å². The maximum Gasteiger partial charge on any atom is 0.318 e. The molecule has 5 heteroatoms. The summed E-state index contributed by atoms with van der Waals surface area (Å²) in [4.78, 5) is 7.62. The van der Waals surface area contributed by atoms with E-state index in [2.05, 4.69) is 9.97 Å². The molecule has 0 aliphatic carbocycles. The van der Waals surface area contributed by atoms with E-state index < -0.39 is 0 Å². The standard InChI is InChI=1S/C7H11N3O2/c8-6-2-3-9-7(10-6)12-5-1-4-11/h2-3,11H,1,4-5H2,(H2,8,9,10). The Labute approximate surface area is 70.2 Å². The van der Waals surface area contributed by atoms with Crippen LogP contribution >= 0.6 is 0 Å². The summed E-state index contributed by atoms with van der Waals surface area (Å²) in [5.74, 6) is 0.379. The van der Waals surface area contributed by atoms with Crippen LogP contribution in [-0.4, -0.2) is 28.3 Å². The van der Waals surface area contributed by atoms with Gasteiger partial charge in [-0.25, -0.2) is 4.98 Å². The molecule has 0 spiro atoms. The number of nitrogens with two attached hydrogens (primary N) is 1. The number of ether oxygens (including phenoxy) is 1. The van der Waals surface area contributed by atoms with Crippen LogP contribution in [0.5, 0.6) is 6.01 Å². The number of anilines is 1. The van der Waals surface area contributed by atoms with Crippen molar-refractivity contribution in [2.45, 2.75) is 6.42 Å². The number of aliphatic hydroxyl groups excluding tert-OH is 1. The zero-order chi connectivity index (χ0) is 8.81. The number of hydrogen-bond acceptors (Lipinski definition) is 5. The van der Waals surface area contributed by atoms with Gasteiger partial charge in [0.05, 0.1) is 6.61 Å². The minimum absolute atomic E-state index is 0.0995. The fraction of sp³-hybridized carbons (Fsp3) is 0.429. The third-order valence-electron chi connectivity index (χ3n) is 1.19. The van der Waals surface area contributed by atoms with Crippen LogP contribution in [0.25, 0.3) is 0 Å². The molecule has 3 N–H and O–H groups in total. The Balaban J connectivity index is 2.41. The van der Waals surface area contributed by atoms with E-state index in [-0.39, 0.29) is 12.6 Å². The smallest absolute Gasteiger partial charge is 0.318 e. The summed E-state index contributed by atoms with van der Waals surface area (Å²) in [6, 6.07) is 1.84. The largest absolute Gasteiger partial charge is 0.463 e. The van der Waals surface area contributed by atoms with E-state index in [9.17, 15) is 0 Å². The SMILES string of the molecule is Nc1ccnc(OCCCO)n1. The predicted molar refractivity (Wildman–Crippen MR) is 43.6 cm³/mol. The molecule has 1 rings (SSSR count). The lowest BCUT2D eigenvalue weighted by Gasteiger charge is -2.01. The highest BCUT2D eigenvalue weighted by atomic mass is 16.5. The number of nitrogen functional groups attached to an aromatic ring is 1. The van der Waals surface area contributed by atoms with E-state index in [0.29, 0.717) is 18.8 Å². The summed E-state index contributed by atoms with van der Waals surface area (Å²) in [5, 5.41) is 8.45. The van der Waals surface area contributed by atoms with E-state index in [1.54, 1.807) is 6.07 Å². The molecule has 12 heavy (non-hydrogen) atoms. The molecule has 0 saturated carbocycles. The van der Waals surface area contributed by atoms with Gasteiger partial charge in [-0.2, -0.15) is 4.98 Å². The summed E-state index contributed by atoms with van der Waals surface area (Å²) in [7, 11) is 0. The number of aliphatic hydroxyl groups is 1. The summed E-state index contributed by atoms with van der Waals surface area (Å²) in [6.07, 6.45) is 2.09. The van der Waals surface area contributed by atoms with Crippen molar-refractivity contribution >= 4 is 5.82 Å². The minimum Gasteiger partial charge on any atom is -0.463 e. The van der Waals surface area contributed by atoms with Gasteiger partial charge in [-0.05, 0) is 6.07 Å². The van der Waals surface area contributed by atoms with Gasteiger partial charge in [0.25, 0.3) is 0 Å². The van der Waals surface area contributed by atoms with Gasteiger partial charge >= 0.3 is 6.01 Å². The normalized spacial score (nSPS) is 9.75. The highest BCUT2D eigenvalue weighted by Gasteiger charge is 1.95. The third kappa shape index (κ3) is 2.71. The Bertz CT molecular complexity index is 242. The zero-order valence-electron chi connectivity index (χ0n) is 6.60. The molecule has 0 bridgehead atoms. The summed E-state index contributed by atoms with van der Waals surface area (Å²) >= 11 is 0. The van der Waals surface area contributed by atoms with Crippen LogP contribution in [0.3, 0.4) is 0 Å². The molecular formula is C7H11N3O2. The second-order valence-electron chi connectivity index (χ2n) is 2.19. The van der Waals surface area contributed by atoms with Gasteiger partial charge < -0.3 is 15.6 Å². The quantitative estimate of drug-likeness (QED) is 0.611. The number of aromatic nitrogens is 2. The highest BCUT2D eigenvalue weighted by Crippen LogP contribution is 2.03. The Morgan fingerprint density at radius 2 is 2.42 bits per heavy atom. The Morgan fingerprint density at radius 3 is 3.08 bits per heavy atom. The summed E-state index contributed by atoms with van der Waals surface area (Å²) < 4.78 is 5.06. The predicted octanol–water partition coefficient (Wildman–Crippen LogP) is -0.180. The second kappa shape index (κ2) is 4.50. The third-order valence-corrected chi connectivity index (χ3v) is 1.19. The Kier molecular flexibility index (Phi) is 3.28. The topological polar surface area (TPSA) is 81.3 Å². The zero-order valence-corrected chi connectivity index (χ0v) is 6.60. The van der Waals surface area contributed by atoms with Gasteiger partial charge in [0.1, 0.15) is 5.82 Å². The van der Waals surface area contributed by atoms with Crippen LogP contribution in [-0.2, 0) is 0 Å². The molecule has 0 aromatic carbocycles. The van der Waals surface area contributed by atoms with Crippen LogP contribution in [0.2, 0.25) is 0 Å². The second-order valence-corrected chi connectivity index (χ2v) is 2.19. The fourth-order valence-corrected chi connectivity index (χ4v) is 0.652. The fourth-order valence-electron chi connectivity index (χ4n) is 0.652. The molecule has 1 aromatic rings. The maximum absolute atomic E-state index is 8.45. The number of hydrogen-bond donors (Lipinski definition) is 2. The molecule has 0 unspecified atom stereocenters. The van der Waals surface area contributed by atoms with E-state index in [0.717, 1.165) is 0 Å². The average Bonchev–Trinajstić information content (AvgIpc) is 2.05. The monoisotopic (exact) mass is 169 g/mol. The summed E-state index contributed by atoms with van der Waals surface area (Å²) in [5.41, 5.74) is 5.38. The van der Waals surface area contributed by atoms with Crippen LogP contribution in [0.15, 0.2) is 12.3 Å². The van der Waals surface area contributed by atoms with Crippen molar-refractivity contribution in [1.82, 2.24) is 9.97 Å². The Morgan fingerprint density at radius 1 is 1.58 bits per heavy atom. The van der Waals surface area contributed by atoms with Gasteiger partial charge in [0.2, 0.25) is 0 Å². The Hall–Kier alpha value is -1.36. The van der Waals surface area contributed by atoms with Crippen molar-refractivity contribution in [2.24, 2.45) is 0 Å². The number of nitrogens with zero attached hydrogens (tertiary/aromatic N) is 2. The highest BCUT2D eigenvalue weighted by molar-refractivity contribution is 5.26. The molecule has 1 heterocycles. The molecule has 0 aliphatic heterocycles. The molecule has 0 radical (unpaired) electrons. The van der Waals surface area contributed by atoms with Crippen LogP contribution < -0.4 is 10.5 Å². The van der Waals surface area contributed by atoms with Gasteiger partial charge in [0, 0.05) is 19.2 Å². The molecule has 0 amide bonds. The van der Waals surface area contributed by atoms with Gasteiger partial charge in [0.15, 0.2) is 0 Å². The summed E-state index contributed by atoms with van der Waals surface area (Å²) in [6.45, 7) is 0.502. The van der Waals surface area contributed by atoms with Crippen LogP contribution in [0.1, 0.15) is 6.42 Å². The van der Waals surface area contributed by atoms with E-state index in [4.69, 9.17) is 15.6 Å². The van der Waals surface area contributed by atoms with Gasteiger partial charge in [-0.15, -0.1) is 0 Å². The molecule has 0 fully saturated rings. The van der Waals surface area contributed by atoms with Crippen LogP contribution in [0, 0.1) is 0 Å². The van der Waals surface area contributed by atoms with Crippen molar-refractivity contribution in [3.05, 3.63) is 12.3 Å². The minimum atomic E-state index is 0.0995. The number of rotatable bonds is 4. The van der Waals surface area contributed by atoms with Crippen molar-refractivity contribution in [3.63, 3.8) is 0 Å². The van der Waals surface area contributed by atoms with Crippen molar-refractivity contribution in [2.75, 3.05) is 18.9 Å². The lowest BCUT2D eigenvalue weighted by atomic mass is 10.5. The van der Waals surface area contributed by atoms with Crippen molar-refractivity contribution in [3.8, 4) is 6.01 Å². The van der Waals surface area contributed by atoms with Crippen molar-refractivity contribution < 1.29 is 9.84 Å². The first-order chi connectivity index (χ1) is 5.83. The molecule has 5 nitrogen and oxygen atoms in total. The first kappa shape index (κ1) is 8.73. The molecule has 66 valence electrons. The van der Waals surface area contributed by atoms with E-state index in [1.807, 2.05) is 0 Å². The van der Waals surface area contributed by atoms with Gasteiger partial charge in [-0.1, -0.05) is 0 Å².